The molecule has 4 N–H and O–H groups in total. The minimum absolute atomic E-state index is 0.00522. The van der Waals surface area contributed by atoms with Crippen molar-refractivity contribution in [2.75, 3.05) is 11.9 Å². The molecule has 2 aromatic carbocycles. The molecule has 0 aliphatic heterocycles. The Kier molecular flexibility index (Phi) is 5.87. The van der Waals surface area contributed by atoms with Gasteiger partial charge in [0.25, 0.3) is 0 Å². The third kappa shape index (κ3) is 4.56. The summed E-state index contributed by atoms with van der Waals surface area (Å²) < 4.78 is 12.6. The molecule has 30 heavy (non-hydrogen) atoms. The van der Waals surface area contributed by atoms with Crippen LogP contribution in [0.2, 0.25) is 0 Å². The van der Waals surface area contributed by atoms with Crippen LogP contribution in [0.15, 0.2) is 60.1 Å². The van der Waals surface area contributed by atoms with Gasteiger partial charge in [0.05, 0.1) is 4.88 Å². The van der Waals surface area contributed by atoms with Crippen molar-refractivity contribution in [2.24, 2.45) is 5.73 Å². The van der Waals surface area contributed by atoms with Crippen molar-refractivity contribution in [3.05, 3.63) is 70.5 Å². The van der Waals surface area contributed by atoms with Crippen molar-refractivity contribution < 1.29 is 14.3 Å². The summed E-state index contributed by atoms with van der Waals surface area (Å²) >= 11 is 2.62. The molecular formula is C20H17N5O3S2. The van der Waals surface area contributed by atoms with Crippen LogP contribution in [0.4, 0.5) is 9.93 Å². The lowest BCUT2D eigenvalue weighted by molar-refractivity contribution is 0.0910. The number of aromatic nitrogens is 2. The Morgan fingerprint density at radius 2 is 2.03 bits per heavy atom. The minimum Gasteiger partial charge on any atom is -0.481 e. The first-order valence-corrected chi connectivity index (χ1v) is 10.6. The van der Waals surface area contributed by atoms with Gasteiger partial charge in [-0.2, -0.15) is 0 Å². The molecule has 2 heterocycles. The van der Waals surface area contributed by atoms with Crippen molar-refractivity contribution in [1.29, 1.82) is 5.41 Å². The molecule has 0 radical (unpaired) electrons. The largest absolute Gasteiger partial charge is 0.481 e. The summed E-state index contributed by atoms with van der Waals surface area (Å²) in [6.07, 6.45) is -1.17. The molecule has 1 atom stereocenters. The number of carbonyl (C=O) groups excluding carboxylic acids is 1. The molecule has 10 heteroatoms. The molecular weight excluding hydrogens is 422 g/mol. The molecule has 0 aliphatic rings. The van der Waals surface area contributed by atoms with E-state index >= 15 is 0 Å². The number of carbonyl (C=O) groups is 1. The number of nitrogens with one attached hydrogen (secondary N) is 2. The summed E-state index contributed by atoms with van der Waals surface area (Å²) in [7, 11) is 0. The van der Waals surface area contributed by atoms with E-state index in [2.05, 4.69) is 15.5 Å². The maximum Gasteiger partial charge on any atom is 0.413 e. The number of rotatable bonds is 7. The highest BCUT2D eigenvalue weighted by atomic mass is 32.1. The number of benzene rings is 2. The number of thiophene rings is 1. The number of fused-ring (bicyclic) bond motifs is 1. The van der Waals surface area contributed by atoms with Crippen LogP contribution in [0, 0.1) is 5.41 Å². The van der Waals surface area contributed by atoms with Gasteiger partial charge in [-0.3, -0.25) is 10.7 Å². The summed E-state index contributed by atoms with van der Waals surface area (Å²) in [6.45, 7) is -0.00522. The summed E-state index contributed by atoms with van der Waals surface area (Å²) in [5.41, 5.74) is 8.01. The summed E-state index contributed by atoms with van der Waals surface area (Å²) in [4.78, 5) is 12.8. The monoisotopic (exact) mass is 439 g/mol. The Hall–Kier alpha value is -3.50. The number of anilines is 1. The summed E-state index contributed by atoms with van der Waals surface area (Å²) in [6, 6.07) is 17.0. The van der Waals surface area contributed by atoms with Gasteiger partial charge in [-0.1, -0.05) is 47.7 Å². The van der Waals surface area contributed by atoms with Crippen molar-refractivity contribution >= 4 is 49.8 Å². The standard InChI is InChI=1S/C20H17N5O3S2/c21-18(22)17-9-13-14(7-4-8-16(13)30-17)28-15(12-5-2-1-3-6-12)10-27-20(26)24-19-25-23-11-29-19/h1-9,11,15H,10H2,(H3,21,22)(H,24,25,26). The predicted octanol–water partition coefficient (Wildman–Crippen LogP) is 4.41. The molecule has 0 bridgehead atoms. The Bertz CT molecular complexity index is 1160. The smallest absolute Gasteiger partial charge is 0.413 e. The van der Waals surface area contributed by atoms with E-state index < -0.39 is 12.2 Å². The molecule has 0 aliphatic carbocycles. The maximum atomic E-state index is 12.1. The van der Waals surface area contributed by atoms with Crippen molar-refractivity contribution in [2.45, 2.75) is 6.10 Å². The van der Waals surface area contributed by atoms with Crippen LogP contribution in [-0.4, -0.2) is 28.7 Å². The lowest BCUT2D eigenvalue weighted by Gasteiger charge is -2.20. The van der Waals surface area contributed by atoms with Gasteiger partial charge in [0, 0.05) is 10.1 Å². The van der Waals surface area contributed by atoms with E-state index in [1.165, 1.54) is 28.2 Å². The van der Waals surface area contributed by atoms with E-state index in [0.717, 1.165) is 15.6 Å². The van der Waals surface area contributed by atoms with Crippen LogP contribution >= 0.6 is 22.7 Å². The fraction of sp³-hybridized carbons (Fsp3) is 0.100. The van der Waals surface area contributed by atoms with Crippen LogP contribution in [0.5, 0.6) is 5.75 Å². The first-order chi connectivity index (χ1) is 14.6. The van der Waals surface area contributed by atoms with Gasteiger partial charge in [-0.05, 0) is 23.8 Å². The topological polar surface area (TPSA) is 123 Å². The van der Waals surface area contributed by atoms with Crippen LogP contribution in [0.25, 0.3) is 10.1 Å². The lowest BCUT2D eigenvalue weighted by Crippen LogP contribution is -2.21. The summed E-state index contributed by atoms with van der Waals surface area (Å²) in [5.74, 6) is 0.636. The zero-order valence-electron chi connectivity index (χ0n) is 15.6. The van der Waals surface area contributed by atoms with E-state index in [9.17, 15) is 4.79 Å². The third-order valence-electron chi connectivity index (χ3n) is 4.16. The first kappa shape index (κ1) is 19.8. The van der Waals surface area contributed by atoms with E-state index in [0.29, 0.717) is 15.8 Å². The highest BCUT2D eigenvalue weighted by Crippen LogP contribution is 2.35. The van der Waals surface area contributed by atoms with Crippen LogP contribution in [0.3, 0.4) is 0 Å². The van der Waals surface area contributed by atoms with Crippen molar-refractivity contribution in [3.63, 3.8) is 0 Å². The number of nitrogen functional groups attached to an aromatic ring is 1. The lowest BCUT2D eigenvalue weighted by atomic mass is 10.1. The average molecular weight is 440 g/mol. The Morgan fingerprint density at radius 3 is 2.77 bits per heavy atom. The quantitative estimate of drug-likeness (QED) is 0.290. The first-order valence-electron chi connectivity index (χ1n) is 8.88. The molecule has 1 amide bonds. The molecule has 2 aromatic heterocycles. The van der Waals surface area contributed by atoms with Gasteiger partial charge in [0.15, 0.2) is 6.10 Å². The van der Waals surface area contributed by atoms with E-state index in [4.69, 9.17) is 20.6 Å². The van der Waals surface area contributed by atoms with Gasteiger partial charge in [-0.25, -0.2) is 4.79 Å². The Morgan fingerprint density at radius 1 is 1.20 bits per heavy atom. The normalized spacial score (nSPS) is 11.7. The fourth-order valence-electron chi connectivity index (χ4n) is 2.79. The second-order valence-electron chi connectivity index (χ2n) is 6.18. The van der Waals surface area contributed by atoms with Crippen LogP contribution < -0.4 is 15.8 Å². The molecule has 4 aromatic rings. The zero-order valence-corrected chi connectivity index (χ0v) is 17.2. The molecule has 152 valence electrons. The maximum absolute atomic E-state index is 12.1. The Balaban J connectivity index is 1.55. The SMILES string of the molecule is N=C(N)c1cc2c(OC(COC(=O)Nc3nncs3)c3ccccc3)cccc2s1. The Labute approximate surface area is 179 Å². The van der Waals surface area contributed by atoms with Crippen LogP contribution in [0.1, 0.15) is 16.5 Å². The molecule has 1 unspecified atom stereocenters. The van der Waals surface area contributed by atoms with E-state index in [-0.39, 0.29) is 12.4 Å². The molecule has 4 rings (SSSR count). The minimum atomic E-state index is -0.635. The van der Waals surface area contributed by atoms with Crippen molar-refractivity contribution in [3.8, 4) is 5.75 Å². The molecule has 0 fully saturated rings. The van der Waals surface area contributed by atoms with Gasteiger partial charge < -0.3 is 15.2 Å². The third-order valence-corrected chi connectivity index (χ3v) is 5.90. The van der Waals surface area contributed by atoms with E-state index in [1.54, 1.807) is 0 Å². The number of hydrogen-bond donors (Lipinski definition) is 3. The average Bonchev–Trinajstić information content (AvgIpc) is 3.42. The molecule has 0 saturated heterocycles. The van der Waals surface area contributed by atoms with Gasteiger partial charge >= 0.3 is 6.09 Å². The highest BCUT2D eigenvalue weighted by Gasteiger charge is 2.19. The number of amidine groups is 1. The van der Waals surface area contributed by atoms with Crippen molar-refractivity contribution in [1.82, 2.24) is 10.2 Å². The zero-order chi connectivity index (χ0) is 20.9. The fourth-order valence-corrected chi connectivity index (χ4v) is 4.16. The summed E-state index contributed by atoms with van der Waals surface area (Å²) in [5, 5.41) is 18.9. The van der Waals surface area contributed by atoms with Gasteiger partial charge in [-0.15, -0.1) is 21.5 Å². The number of ether oxygens (including phenoxy) is 2. The van der Waals surface area contributed by atoms with Gasteiger partial charge in [0.2, 0.25) is 5.13 Å². The number of nitrogens with zero attached hydrogens (tertiary/aromatic N) is 2. The van der Waals surface area contributed by atoms with Crippen LogP contribution in [-0.2, 0) is 4.74 Å². The molecule has 8 nitrogen and oxygen atoms in total. The van der Waals surface area contributed by atoms with E-state index in [1.807, 2.05) is 54.6 Å². The van der Waals surface area contributed by atoms with Gasteiger partial charge in [0.1, 0.15) is 23.7 Å². The number of hydrogen-bond acceptors (Lipinski definition) is 8. The molecule has 0 spiro atoms. The predicted molar refractivity (Wildman–Crippen MR) is 118 cm³/mol. The molecule has 0 saturated carbocycles. The highest BCUT2D eigenvalue weighted by molar-refractivity contribution is 7.20. The second kappa shape index (κ2) is 8.89. The number of amides is 1. The number of nitrogens with two attached hydrogens (primary N) is 1. The second-order valence-corrected chi connectivity index (χ2v) is 8.09.